The van der Waals surface area contributed by atoms with E-state index in [0.717, 1.165) is 41.7 Å². The Morgan fingerprint density at radius 3 is 2.26 bits per heavy atom. The minimum Gasteiger partial charge on any atom is -0.374 e. The Balaban J connectivity index is 1.31. The van der Waals surface area contributed by atoms with Gasteiger partial charge >= 0.3 is 0 Å². The van der Waals surface area contributed by atoms with Gasteiger partial charge in [0.25, 0.3) is 0 Å². The van der Waals surface area contributed by atoms with E-state index in [1.54, 1.807) is 17.0 Å². The number of allylic oxidation sites excluding steroid dienone is 6. The highest BCUT2D eigenvalue weighted by Crippen LogP contribution is 2.55. The zero-order valence-electron chi connectivity index (χ0n) is 26.4. The van der Waals surface area contributed by atoms with E-state index in [1.165, 1.54) is 96.3 Å². The maximum atomic E-state index is 2.74. The number of likely N-dealkylation sites (tertiary alicyclic amines) is 1. The summed E-state index contributed by atoms with van der Waals surface area (Å²) in [6.45, 7) is 10.2. The van der Waals surface area contributed by atoms with Gasteiger partial charge in [-0.3, -0.25) is 0 Å². The monoisotopic (exact) mass is 531 g/mol. The van der Waals surface area contributed by atoms with Gasteiger partial charge in [0.2, 0.25) is 0 Å². The van der Waals surface area contributed by atoms with Gasteiger partial charge in [-0.2, -0.15) is 0 Å². The van der Waals surface area contributed by atoms with Gasteiger partial charge in [-0.1, -0.05) is 77.4 Å². The third-order valence-electron chi connectivity index (χ3n) is 13.2. The molecule has 2 aliphatic heterocycles. The zero-order valence-corrected chi connectivity index (χ0v) is 26.4. The van der Waals surface area contributed by atoms with Crippen LogP contribution in [0.1, 0.15) is 124 Å². The van der Waals surface area contributed by atoms with Gasteiger partial charge < -0.3 is 4.90 Å². The molecule has 6 rings (SSSR count). The number of nitrogens with zero attached hydrogens (tertiary/aromatic N) is 2. The summed E-state index contributed by atoms with van der Waals surface area (Å²) in [5.74, 6) is 4.32. The normalized spacial score (nSPS) is 39.8. The largest absolute Gasteiger partial charge is 0.374 e. The zero-order chi connectivity index (χ0) is 27.4. The molecule has 1 saturated heterocycles. The first kappa shape index (κ1) is 27.8. The highest BCUT2D eigenvalue weighted by molar-refractivity contribution is 5.97. The van der Waals surface area contributed by atoms with Gasteiger partial charge in [-0.05, 0) is 87.7 Å². The van der Waals surface area contributed by atoms with Crippen molar-refractivity contribution in [1.29, 1.82) is 0 Å². The molecule has 0 bridgehead atoms. The lowest BCUT2D eigenvalue weighted by Crippen LogP contribution is -2.45. The van der Waals surface area contributed by atoms with E-state index in [-0.39, 0.29) is 10.8 Å². The van der Waals surface area contributed by atoms with Crippen molar-refractivity contribution in [2.24, 2.45) is 40.4 Å². The Kier molecular flexibility index (Phi) is 7.73. The van der Waals surface area contributed by atoms with Crippen LogP contribution in [-0.4, -0.2) is 41.4 Å². The van der Waals surface area contributed by atoms with Crippen LogP contribution in [0.15, 0.2) is 35.6 Å². The minimum atomic E-state index is 0.274. The van der Waals surface area contributed by atoms with Gasteiger partial charge in [-0.15, -0.1) is 0 Å². The highest BCUT2D eigenvalue weighted by Gasteiger charge is 2.59. The lowest BCUT2D eigenvalue weighted by Gasteiger charge is -2.45. The van der Waals surface area contributed by atoms with Crippen LogP contribution in [0.2, 0.25) is 0 Å². The maximum Gasteiger partial charge on any atom is 0.182 e. The first-order valence-corrected chi connectivity index (χ1v) is 17.1. The number of hydrogen-bond acceptors (Lipinski definition) is 1. The average molecular weight is 532 g/mol. The van der Waals surface area contributed by atoms with Crippen LogP contribution < -0.4 is 0 Å². The minimum absolute atomic E-state index is 0.274. The molecule has 5 fully saturated rings. The lowest BCUT2D eigenvalue weighted by atomic mass is 9.57. The van der Waals surface area contributed by atoms with Crippen LogP contribution in [0, 0.1) is 40.4 Å². The number of fused-ring (bicyclic) bond motifs is 4. The molecule has 4 aliphatic carbocycles. The molecule has 0 N–H and O–H groups in total. The molecule has 2 heteroatoms. The molecule has 0 aromatic rings. The summed E-state index contributed by atoms with van der Waals surface area (Å²) in [4.78, 5) is 2.68. The van der Waals surface area contributed by atoms with E-state index in [9.17, 15) is 0 Å². The van der Waals surface area contributed by atoms with Crippen molar-refractivity contribution < 1.29 is 4.58 Å². The van der Waals surface area contributed by atoms with Crippen molar-refractivity contribution in [3.63, 3.8) is 0 Å². The molecule has 0 spiro atoms. The van der Waals surface area contributed by atoms with E-state index in [4.69, 9.17) is 0 Å². The predicted octanol–water partition coefficient (Wildman–Crippen LogP) is 9.17. The predicted molar refractivity (Wildman–Crippen MR) is 166 cm³/mol. The van der Waals surface area contributed by atoms with Crippen molar-refractivity contribution in [3.8, 4) is 0 Å². The van der Waals surface area contributed by atoms with Crippen LogP contribution in [-0.2, 0) is 0 Å². The quantitative estimate of drug-likeness (QED) is 0.259. The average Bonchev–Trinajstić information content (AvgIpc) is 3.27. The smallest absolute Gasteiger partial charge is 0.182 e. The fraction of sp³-hybridized carbons (Fsp3) is 0.811. The Labute approximate surface area is 241 Å². The summed E-state index contributed by atoms with van der Waals surface area (Å²) >= 11 is 0. The third kappa shape index (κ3) is 4.82. The van der Waals surface area contributed by atoms with Crippen LogP contribution in [0.4, 0.5) is 0 Å². The van der Waals surface area contributed by atoms with Crippen LogP contribution >= 0.6 is 0 Å². The van der Waals surface area contributed by atoms with Crippen LogP contribution in [0.25, 0.3) is 0 Å². The molecule has 4 saturated carbocycles. The molecular formula is C37H59N2+. The number of hydrogen-bond donors (Lipinski definition) is 0. The summed E-state index contributed by atoms with van der Waals surface area (Å²) in [6, 6.07) is 1.50. The second-order valence-corrected chi connectivity index (χ2v) is 15.8. The molecular weight excluding hydrogens is 472 g/mol. The lowest BCUT2D eigenvalue weighted by molar-refractivity contribution is -0.541. The third-order valence-corrected chi connectivity index (χ3v) is 13.2. The molecule has 2 heterocycles. The Hall–Kier alpha value is -1.31. The summed E-state index contributed by atoms with van der Waals surface area (Å²) in [5.41, 5.74) is 5.36. The Bertz CT molecular complexity index is 1030. The molecule has 216 valence electrons. The molecule has 39 heavy (non-hydrogen) atoms. The van der Waals surface area contributed by atoms with Crippen molar-refractivity contribution in [1.82, 2.24) is 4.90 Å². The molecule has 6 aliphatic rings. The standard InChI is InChI=1S/C37H59N2/c1-36(2)30-18-12-13-19-31(30)38(5)33(36)24-21-27(26-14-8-7-9-15-26)22-25-34-37(3,4)35-29-17-11-10-16-28(29)20-23-32(35)39(34)6/h21-22,24-26,28-32,35H,7-20,23H2,1-6H3/q+1. The molecule has 6 unspecified atom stereocenters. The molecule has 0 aromatic heterocycles. The van der Waals surface area contributed by atoms with Crippen LogP contribution in [0.5, 0.6) is 0 Å². The molecule has 2 nitrogen and oxygen atoms in total. The number of rotatable bonds is 4. The fourth-order valence-electron chi connectivity index (χ4n) is 11.2. The summed E-state index contributed by atoms with van der Waals surface area (Å²) in [7, 11) is 4.82. The first-order valence-electron chi connectivity index (χ1n) is 17.1. The van der Waals surface area contributed by atoms with E-state index in [1.807, 2.05) is 0 Å². The highest BCUT2D eigenvalue weighted by atomic mass is 15.2. The van der Waals surface area contributed by atoms with E-state index in [2.05, 4.69) is 75.6 Å². The first-order chi connectivity index (χ1) is 18.7. The fourth-order valence-corrected chi connectivity index (χ4v) is 11.2. The maximum absolute atomic E-state index is 2.74. The van der Waals surface area contributed by atoms with Gasteiger partial charge in [-0.25, -0.2) is 4.58 Å². The second kappa shape index (κ2) is 10.8. The van der Waals surface area contributed by atoms with E-state index >= 15 is 0 Å². The van der Waals surface area contributed by atoms with E-state index < -0.39 is 0 Å². The molecule has 0 amide bonds. The van der Waals surface area contributed by atoms with Gasteiger partial charge in [0, 0.05) is 42.6 Å². The second-order valence-electron chi connectivity index (χ2n) is 15.8. The Morgan fingerprint density at radius 2 is 1.49 bits per heavy atom. The van der Waals surface area contributed by atoms with Crippen molar-refractivity contribution in [2.45, 2.75) is 136 Å². The summed E-state index contributed by atoms with van der Waals surface area (Å²) in [6.07, 6.45) is 31.7. The van der Waals surface area contributed by atoms with E-state index in [0.29, 0.717) is 0 Å². The van der Waals surface area contributed by atoms with Crippen LogP contribution in [0.3, 0.4) is 0 Å². The summed E-state index contributed by atoms with van der Waals surface area (Å²) < 4.78 is 2.74. The summed E-state index contributed by atoms with van der Waals surface area (Å²) in [5, 5.41) is 0. The van der Waals surface area contributed by atoms with Gasteiger partial charge in [0.1, 0.15) is 7.05 Å². The van der Waals surface area contributed by atoms with Crippen molar-refractivity contribution >= 4 is 5.71 Å². The molecule has 6 atom stereocenters. The van der Waals surface area contributed by atoms with Gasteiger partial charge in [0.15, 0.2) is 11.8 Å². The Morgan fingerprint density at radius 1 is 0.795 bits per heavy atom. The topological polar surface area (TPSA) is 6.25 Å². The molecule has 0 radical (unpaired) electrons. The SMILES string of the molecule is CN1C(=CC=C(C=CC2=[N+](C)C3CCC4CCCCC4C3C2(C)C)C2CCCCC2)C(C)(C)C2CCCCC21. The molecule has 0 aromatic carbocycles. The van der Waals surface area contributed by atoms with Gasteiger partial charge in [0.05, 0.1) is 5.41 Å². The van der Waals surface area contributed by atoms with Crippen molar-refractivity contribution in [2.75, 3.05) is 14.1 Å². The van der Waals surface area contributed by atoms with Crippen molar-refractivity contribution in [3.05, 3.63) is 35.6 Å².